The zero-order chi connectivity index (χ0) is 12.2. The van der Waals surface area contributed by atoms with Crippen LogP contribution in [0.25, 0.3) is 0 Å². The molecule has 0 heterocycles. The van der Waals surface area contributed by atoms with Crippen molar-refractivity contribution in [3.63, 3.8) is 0 Å². The minimum Gasteiger partial charge on any atom is -0.299 e. The second-order valence-electron chi connectivity index (χ2n) is 5.50. The Bertz CT molecular complexity index is 253. The minimum absolute atomic E-state index is 0.0872. The van der Waals surface area contributed by atoms with Gasteiger partial charge in [0.25, 0.3) is 0 Å². The third-order valence-electron chi connectivity index (χ3n) is 3.35. The molecular formula is C14H26O. The Labute approximate surface area is 95.0 Å². The molecule has 0 aromatic heterocycles. The maximum absolute atomic E-state index is 11.8. The Morgan fingerprint density at radius 2 is 1.67 bits per heavy atom. The summed E-state index contributed by atoms with van der Waals surface area (Å²) in [6.07, 6.45) is 1.65. The largest absolute Gasteiger partial charge is 0.299 e. The van der Waals surface area contributed by atoms with E-state index in [1.54, 1.807) is 0 Å². The number of hydrogen-bond donors (Lipinski definition) is 0. The van der Waals surface area contributed by atoms with E-state index in [4.69, 9.17) is 0 Å². The average Bonchev–Trinajstić information content (AvgIpc) is 2.13. The molecule has 0 saturated carbocycles. The molecule has 15 heavy (non-hydrogen) atoms. The first-order valence-electron chi connectivity index (χ1n) is 5.92. The first kappa shape index (κ1) is 14.4. The standard InChI is InChI=1S/C14H26O/c1-8-9-13(15)11(3)10(2)12(4)14(5,6)7/h11H,8-9H2,1-7H3. The SMILES string of the molecule is CCCC(=O)C(C)C(C)=C(C)C(C)(C)C. The number of carbonyl (C=O) groups is 1. The summed E-state index contributed by atoms with van der Waals surface area (Å²) in [5.74, 6) is 0.461. The quantitative estimate of drug-likeness (QED) is 0.629. The highest BCUT2D eigenvalue weighted by Gasteiger charge is 2.21. The van der Waals surface area contributed by atoms with Crippen molar-refractivity contribution in [2.75, 3.05) is 0 Å². The first-order valence-corrected chi connectivity index (χ1v) is 5.92. The molecule has 0 spiro atoms. The zero-order valence-corrected chi connectivity index (χ0v) is 11.4. The Hall–Kier alpha value is -0.590. The van der Waals surface area contributed by atoms with Crippen molar-refractivity contribution in [3.05, 3.63) is 11.1 Å². The fourth-order valence-electron chi connectivity index (χ4n) is 1.62. The predicted octanol–water partition coefficient (Wildman–Crippen LogP) is 4.37. The molecule has 0 aliphatic heterocycles. The van der Waals surface area contributed by atoms with Gasteiger partial charge in [-0.25, -0.2) is 0 Å². The highest BCUT2D eigenvalue weighted by molar-refractivity contribution is 5.83. The fraction of sp³-hybridized carbons (Fsp3) is 0.786. The molecule has 0 N–H and O–H groups in total. The van der Waals surface area contributed by atoms with Crippen LogP contribution in [0.5, 0.6) is 0 Å². The summed E-state index contributed by atoms with van der Waals surface area (Å²) in [5.41, 5.74) is 2.77. The lowest BCUT2D eigenvalue weighted by atomic mass is 9.80. The number of Topliss-reactive ketones (excluding diaryl/α,β-unsaturated/α-hetero) is 1. The van der Waals surface area contributed by atoms with Crippen molar-refractivity contribution in [2.24, 2.45) is 11.3 Å². The number of rotatable bonds is 4. The lowest BCUT2D eigenvalue weighted by Crippen LogP contribution is -2.17. The molecule has 0 bridgehead atoms. The Morgan fingerprint density at radius 1 is 1.20 bits per heavy atom. The second kappa shape index (κ2) is 5.48. The third kappa shape index (κ3) is 4.19. The second-order valence-corrected chi connectivity index (χ2v) is 5.50. The van der Waals surface area contributed by atoms with Crippen LogP contribution in [-0.4, -0.2) is 5.78 Å². The predicted molar refractivity (Wildman–Crippen MR) is 66.9 cm³/mol. The van der Waals surface area contributed by atoms with Crippen LogP contribution in [0, 0.1) is 11.3 Å². The van der Waals surface area contributed by atoms with Gasteiger partial charge in [0.2, 0.25) is 0 Å². The summed E-state index contributed by atoms with van der Waals surface area (Å²) in [4.78, 5) is 11.8. The molecule has 0 aromatic rings. The first-order chi connectivity index (χ1) is 6.71. The number of carbonyl (C=O) groups excluding carboxylic acids is 1. The van der Waals surface area contributed by atoms with E-state index in [1.165, 1.54) is 11.1 Å². The van der Waals surface area contributed by atoms with Crippen LogP contribution in [0.4, 0.5) is 0 Å². The molecule has 0 aromatic carbocycles. The van der Waals surface area contributed by atoms with Crippen LogP contribution in [0.2, 0.25) is 0 Å². The van der Waals surface area contributed by atoms with Gasteiger partial charge in [-0.15, -0.1) is 0 Å². The number of ketones is 1. The molecular weight excluding hydrogens is 184 g/mol. The molecule has 1 heteroatoms. The highest BCUT2D eigenvalue weighted by atomic mass is 16.1. The third-order valence-corrected chi connectivity index (χ3v) is 3.35. The van der Waals surface area contributed by atoms with Crippen LogP contribution in [0.15, 0.2) is 11.1 Å². The molecule has 0 saturated heterocycles. The Morgan fingerprint density at radius 3 is 2.00 bits per heavy atom. The van der Waals surface area contributed by atoms with Gasteiger partial charge in [-0.05, 0) is 25.7 Å². The maximum atomic E-state index is 11.8. The molecule has 0 radical (unpaired) electrons. The molecule has 0 fully saturated rings. The molecule has 0 rings (SSSR count). The minimum atomic E-state index is 0.0872. The molecule has 0 aliphatic rings. The van der Waals surface area contributed by atoms with Gasteiger partial charge >= 0.3 is 0 Å². The van der Waals surface area contributed by atoms with Gasteiger partial charge in [0, 0.05) is 12.3 Å². The lowest BCUT2D eigenvalue weighted by Gasteiger charge is -2.25. The Kier molecular flexibility index (Phi) is 5.27. The van der Waals surface area contributed by atoms with E-state index in [0.29, 0.717) is 12.2 Å². The van der Waals surface area contributed by atoms with Gasteiger partial charge in [-0.1, -0.05) is 45.8 Å². The zero-order valence-electron chi connectivity index (χ0n) is 11.4. The van der Waals surface area contributed by atoms with E-state index in [1.807, 2.05) is 6.92 Å². The molecule has 1 unspecified atom stereocenters. The van der Waals surface area contributed by atoms with E-state index < -0.39 is 0 Å². The maximum Gasteiger partial charge on any atom is 0.139 e. The summed E-state index contributed by atoms with van der Waals surface area (Å²) in [6, 6.07) is 0. The van der Waals surface area contributed by atoms with E-state index in [9.17, 15) is 4.79 Å². The van der Waals surface area contributed by atoms with Crippen molar-refractivity contribution < 1.29 is 4.79 Å². The number of hydrogen-bond acceptors (Lipinski definition) is 1. The van der Waals surface area contributed by atoms with E-state index in [0.717, 1.165) is 6.42 Å². The monoisotopic (exact) mass is 210 g/mol. The van der Waals surface area contributed by atoms with Crippen LogP contribution < -0.4 is 0 Å². The van der Waals surface area contributed by atoms with Gasteiger partial charge in [-0.3, -0.25) is 4.79 Å². The van der Waals surface area contributed by atoms with Gasteiger partial charge in [0.1, 0.15) is 5.78 Å². The van der Waals surface area contributed by atoms with Crippen LogP contribution in [-0.2, 0) is 4.79 Å². The van der Waals surface area contributed by atoms with Crippen molar-refractivity contribution in [1.82, 2.24) is 0 Å². The molecule has 0 aliphatic carbocycles. The summed E-state index contributed by atoms with van der Waals surface area (Å²) >= 11 is 0. The van der Waals surface area contributed by atoms with Gasteiger partial charge < -0.3 is 0 Å². The number of allylic oxidation sites excluding steroid dienone is 2. The molecule has 0 amide bonds. The van der Waals surface area contributed by atoms with Crippen LogP contribution in [0.3, 0.4) is 0 Å². The summed E-state index contributed by atoms with van der Waals surface area (Å²) in [6.45, 7) is 14.9. The summed E-state index contributed by atoms with van der Waals surface area (Å²) in [5, 5.41) is 0. The van der Waals surface area contributed by atoms with Crippen molar-refractivity contribution in [1.29, 1.82) is 0 Å². The topological polar surface area (TPSA) is 17.1 Å². The van der Waals surface area contributed by atoms with E-state index >= 15 is 0 Å². The molecule has 88 valence electrons. The van der Waals surface area contributed by atoms with E-state index in [-0.39, 0.29) is 11.3 Å². The smallest absolute Gasteiger partial charge is 0.139 e. The van der Waals surface area contributed by atoms with E-state index in [2.05, 4.69) is 41.5 Å². The van der Waals surface area contributed by atoms with Gasteiger partial charge in [0.05, 0.1) is 0 Å². The van der Waals surface area contributed by atoms with Crippen molar-refractivity contribution >= 4 is 5.78 Å². The highest BCUT2D eigenvalue weighted by Crippen LogP contribution is 2.30. The van der Waals surface area contributed by atoms with Crippen molar-refractivity contribution in [3.8, 4) is 0 Å². The van der Waals surface area contributed by atoms with Gasteiger partial charge in [0.15, 0.2) is 0 Å². The Balaban J connectivity index is 4.84. The summed E-state index contributed by atoms with van der Waals surface area (Å²) in [7, 11) is 0. The fourth-order valence-corrected chi connectivity index (χ4v) is 1.62. The van der Waals surface area contributed by atoms with Crippen molar-refractivity contribution in [2.45, 2.75) is 61.3 Å². The summed E-state index contributed by atoms with van der Waals surface area (Å²) < 4.78 is 0. The average molecular weight is 210 g/mol. The molecule has 1 atom stereocenters. The molecule has 1 nitrogen and oxygen atoms in total. The lowest BCUT2D eigenvalue weighted by molar-refractivity contribution is -0.121. The van der Waals surface area contributed by atoms with Crippen LogP contribution in [0.1, 0.15) is 61.3 Å². The van der Waals surface area contributed by atoms with Gasteiger partial charge in [-0.2, -0.15) is 0 Å². The normalized spacial score (nSPS) is 15.9. The van der Waals surface area contributed by atoms with Crippen LogP contribution >= 0.6 is 0 Å².